The SMILES string of the molecule is CN1CCCCC1CN1CC(O)CC1=O. The number of nitrogens with zero attached hydrogens (tertiary/aromatic N) is 2. The quantitative estimate of drug-likeness (QED) is 0.704. The minimum absolute atomic E-state index is 0.112. The summed E-state index contributed by atoms with van der Waals surface area (Å²) in [6, 6.07) is 0.494. The number of piperidine rings is 1. The molecule has 2 aliphatic heterocycles. The van der Waals surface area contributed by atoms with Crippen molar-refractivity contribution < 1.29 is 9.90 Å². The molecule has 15 heavy (non-hydrogen) atoms. The molecule has 2 aliphatic rings. The van der Waals surface area contributed by atoms with Crippen molar-refractivity contribution in [2.75, 3.05) is 26.7 Å². The van der Waals surface area contributed by atoms with Gasteiger partial charge in [0, 0.05) is 19.1 Å². The molecule has 4 nitrogen and oxygen atoms in total. The summed E-state index contributed by atoms with van der Waals surface area (Å²) in [5.41, 5.74) is 0. The van der Waals surface area contributed by atoms with Gasteiger partial charge in [0.2, 0.25) is 5.91 Å². The summed E-state index contributed by atoms with van der Waals surface area (Å²) in [6.07, 6.45) is 3.59. The van der Waals surface area contributed by atoms with Crippen LogP contribution in [0.4, 0.5) is 0 Å². The van der Waals surface area contributed by atoms with Gasteiger partial charge in [-0.15, -0.1) is 0 Å². The summed E-state index contributed by atoms with van der Waals surface area (Å²) < 4.78 is 0. The molecule has 86 valence electrons. The predicted molar refractivity (Wildman–Crippen MR) is 57.5 cm³/mol. The van der Waals surface area contributed by atoms with E-state index < -0.39 is 6.10 Å². The molecule has 0 aromatic rings. The molecule has 0 saturated carbocycles. The summed E-state index contributed by atoms with van der Waals surface area (Å²) in [5.74, 6) is 0.112. The molecular formula is C11H20N2O2. The van der Waals surface area contributed by atoms with Gasteiger partial charge in [-0.2, -0.15) is 0 Å². The number of aliphatic hydroxyl groups excluding tert-OH is 1. The first kappa shape index (κ1) is 10.9. The van der Waals surface area contributed by atoms with Crippen LogP contribution in [0.15, 0.2) is 0 Å². The lowest BCUT2D eigenvalue weighted by atomic mass is 10.0. The molecule has 0 bridgehead atoms. The van der Waals surface area contributed by atoms with Crippen molar-refractivity contribution in [3.63, 3.8) is 0 Å². The maximum absolute atomic E-state index is 11.5. The van der Waals surface area contributed by atoms with Crippen LogP contribution >= 0.6 is 0 Å². The molecule has 0 aromatic carbocycles. The average molecular weight is 212 g/mol. The number of hydrogen-bond acceptors (Lipinski definition) is 3. The van der Waals surface area contributed by atoms with Gasteiger partial charge in [-0.1, -0.05) is 6.42 Å². The van der Waals surface area contributed by atoms with Crippen molar-refractivity contribution in [3.8, 4) is 0 Å². The third kappa shape index (κ3) is 2.49. The number of carbonyl (C=O) groups is 1. The summed E-state index contributed by atoms with van der Waals surface area (Å²) in [7, 11) is 2.13. The van der Waals surface area contributed by atoms with Crippen molar-refractivity contribution in [2.45, 2.75) is 37.8 Å². The topological polar surface area (TPSA) is 43.8 Å². The Morgan fingerprint density at radius 2 is 2.27 bits per heavy atom. The lowest BCUT2D eigenvalue weighted by Crippen LogP contribution is -2.45. The molecular weight excluding hydrogens is 192 g/mol. The first-order chi connectivity index (χ1) is 7.16. The van der Waals surface area contributed by atoms with Crippen LogP contribution in [0.5, 0.6) is 0 Å². The first-order valence-electron chi connectivity index (χ1n) is 5.83. The Labute approximate surface area is 90.9 Å². The van der Waals surface area contributed by atoms with Gasteiger partial charge in [0.1, 0.15) is 0 Å². The van der Waals surface area contributed by atoms with Crippen LogP contribution in [-0.2, 0) is 4.79 Å². The van der Waals surface area contributed by atoms with E-state index in [-0.39, 0.29) is 5.91 Å². The minimum Gasteiger partial charge on any atom is -0.391 e. The van der Waals surface area contributed by atoms with E-state index in [0.29, 0.717) is 19.0 Å². The van der Waals surface area contributed by atoms with Crippen molar-refractivity contribution >= 4 is 5.91 Å². The number of rotatable bonds is 2. The van der Waals surface area contributed by atoms with Crippen molar-refractivity contribution in [3.05, 3.63) is 0 Å². The fraction of sp³-hybridized carbons (Fsp3) is 0.909. The normalized spacial score (nSPS) is 33.7. The Morgan fingerprint density at radius 1 is 1.47 bits per heavy atom. The van der Waals surface area contributed by atoms with Gasteiger partial charge in [0.05, 0.1) is 12.5 Å². The van der Waals surface area contributed by atoms with E-state index in [1.54, 1.807) is 0 Å². The van der Waals surface area contributed by atoms with Gasteiger partial charge in [0.15, 0.2) is 0 Å². The van der Waals surface area contributed by atoms with Gasteiger partial charge < -0.3 is 14.9 Å². The van der Waals surface area contributed by atoms with E-state index in [0.717, 1.165) is 13.1 Å². The Morgan fingerprint density at radius 3 is 2.87 bits per heavy atom. The lowest BCUT2D eigenvalue weighted by molar-refractivity contribution is -0.128. The Hall–Kier alpha value is -0.610. The zero-order valence-electron chi connectivity index (χ0n) is 9.35. The van der Waals surface area contributed by atoms with Gasteiger partial charge in [-0.25, -0.2) is 0 Å². The molecule has 2 heterocycles. The second kappa shape index (κ2) is 4.49. The molecule has 4 heteroatoms. The molecule has 0 spiro atoms. The van der Waals surface area contributed by atoms with Crippen molar-refractivity contribution in [1.29, 1.82) is 0 Å². The van der Waals surface area contributed by atoms with Crippen LogP contribution in [0.25, 0.3) is 0 Å². The molecule has 0 aliphatic carbocycles. The predicted octanol–water partition coefficient (Wildman–Crippen LogP) is 0.0639. The highest BCUT2D eigenvalue weighted by Gasteiger charge is 2.31. The third-order valence-corrected chi connectivity index (χ3v) is 3.55. The number of likely N-dealkylation sites (tertiary alicyclic amines) is 2. The maximum atomic E-state index is 11.5. The van der Waals surface area contributed by atoms with Gasteiger partial charge in [-0.3, -0.25) is 4.79 Å². The molecule has 2 atom stereocenters. The van der Waals surface area contributed by atoms with Gasteiger partial charge >= 0.3 is 0 Å². The minimum atomic E-state index is -0.439. The highest BCUT2D eigenvalue weighted by atomic mass is 16.3. The second-order valence-electron chi connectivity index (χ2n) is 4.79. The number of β-amino-alcohol motifs (C(OH)–C–C–N with tert-alkyl or cyclic N) is 1. The average Bonchev–Trinajstić information content (AvgIpc) is 2.49. The second-order valence-corrected chi connectivity index (χ2v) is 4.79. The fourth-order valence-electron chi connectivity index (χ4n) is 2.56. The summed E-state index contributed by atoms with van der Waals surface area (Å²) in [5, 5.41) is 9.39. The molecule has 2 unspecified atom stereocenters. The standard InChI is InChI=1S/C11H20N2O2/c1-12-5-3-2-4-9(12)7-13-8-10(14)6-11(13)15/h9-10,14H,2-8H2,1H3. The summed E-state index contributed by atoms with van der Waals surface area (Å²) in [4.78, 5) is 15.7. The molecule has 2 rings (SSSR count). The van der Waals surface area contributed by atoms with E-state index >= 15 is 0 Å². The summed E-state index contributed by atoms with van der Waals surface area (Å²) in [6.45, 7) is 2.46. The number of hydrogen-bond donors (Lipinski definition) is 1. The number of carbonyl (C=O) groups excluding carboxylic acids is 1. The zero-order chi connectivity index (χ0) is 10.8. The highest BCUT2D eigenvalue weighted by Crippen LogP contribution is 2.19. The Bertz CT molecular complexity index is 245. The Kier molecular flexibility index (Phi) is 3.26. The van der Waals surface area contributed by atoms with Crippen molar-refractivity contribution in [1.82, 2.24) is 9.80 Å². The smallest absolute Gasteiger partial charge is 0.225 e. The number of aliphatic hydroxyl groups is 1. The molecule has 0 aromatic heterocycles. The number of likely N-dealkylation sites (N-methyl/N-ethyl adjacent to an activating group) is 1. The highest BCUT2D eigenvalue weighted by molar-refractivity contribution is 5.79. The molecule has 2 fully saturated rings. The monoisotopic (exact) mass is 212 g/mol. The van der Waals surface area contributed by atoms with Crippen LogP contribution in [0, 0.1) is 0 Å². The van der Waals surface area contributed by atoms with E-state index in [1.807, 2.05) is 4.90 Å². The van der Waals surface area contributed by atoms with Gasteiger partial charge in [0.25, 0.3) is 0 Å². The van der Waals surface area contributed by atoms with Crippen LogP contribution < -0.4 is 0 Å². The lowest BCUT2D eigenvalue weighted by Gasteiger charge is -2.35. The van der Waals surface area contributed by atoms with E-state index in [2.05, 4.69) is 11.9 Å². The third-order valence-electron chi connectivity index (χ3n) is 3.55. The largest absolute Gasteiger partial charge is 0.391 e. The number of amides is 1. The summed E-state index contributed by atoms with van der Waals surface area (Å²) >= 11 is 0. The van der Waals surface area contributed by atoms with Crippen LogP contribution in [0.3, 0.4) is 0 Å². The van der Waals surface area contributed by atoms with E-state index in [4.69, 9.17) is 0 Å². The van der Waals surface area contributed by atoms with Crippen LogP contribution in [0.2, 0.25) is 0 Å². The molecule has 2 saturated heterocycles. The maximum Gasteiger partial charge on any atom is 0.225 e. The van der Waals surface area contributed by atoms with Crippen LogP contribution in [0.1, 0.15) is 25.7 Å². The fourth-order valence-corrected chi connectivity index (χ4v) is 2.56. The molecule has 1 N–H and O–H groups in total. The molecule has 1 amide bonds. The van der Waals surface area contributed by atoms with Gasteiger partial charge in [-0.05, 0) is 26.4 Å². The Balaban J connectivity index is 1.87. The van der Waals surface area contributed by atoms with E-state index in [1.165, 1.54) is 19.3 Å². The van der Waals surface area contributed by atoms with E-state index in [9.17, 15) is 9.90 Å². The van der Waals surface area contributed by atoms with Crippen molar-refractivity contribution in [2.24, 2.45) is 0 Å². The zero-order valence-corrected chi connectivity index (χ0v) is 9.35. The first-order valence-corrected chi connectivity index (χ1v) is 5.83. The van der Waals surface area contributed by atoms with Crippen LogP contribution in [-0.4, -0.2) is 59.6 Å². The molecule has 0 radical (unpaired) electrons.